The fourth-order valence-corrected chi connectivity index (χ4v) is 3.62. The number of rotatable bonds is 5. The van der Waals surface area contributed by atoms with Crippen molar-refractivity contribution < 1.29 is 4.74 Å². The van der Waals surface area contributed by atoms with Gasteiger partial charge in [-0.25, -0.2) is 0 Å². The summed E-state index contributed by atoms with van der Waals surface area (Å²) in [6, 6.07) is 6.59. The van der Waals surface area contributed by atoms with Crippen molar-refractivity contribution in [1.82, 2.24) is 0 Å². The van der Waals surface area contributed by atoms with Gasteiger partial charge in [0.05, 0.1) is 11.6 Å². The van der Waals surface area contributed by atoms with E-state index >= 15 is 0 Å². The topological polar surface area (TPSA) is 9.23 Å². The fraction of sp³-hybridized carbons (Fsp3) is 0.647. The molecule has 2 heteroatoms. The van der Waals surface area contributed by atoms with Gasteiger partial charge in [-0.3, -0.25) is 0 Å². The quantitative estimate of drug-likeness (QED) is 0.653. The largest absolute Gasteiger partial charge is 0.496 e. The van der Waals surface area contributed by atoms with Crippen molar-refractivity contribution in [2.24, 2.45) is 5.92 Å². The molecule has 1 aliphatic rings. The monoisotopic (exact) mass is 324 g/mol. The molecule has 1 aromatic carbocycles. The van der Waals surface area contributed by atoms with Crippen molar-refractivity contribution in [2.75, 3.05) is 7.11 Å². The fourth-order valence-electron chi connectivity index (χ4n) is 3.21. The first-order valence-electron chi connectivity index (χ1n) is 7.58. The van der Waals surface area contributed by atoms with E-state index in [-0.39, 0.29) is 0 Å². The molecule has 0 amide bonds. The Bertz CT molecular complexity index is 394. The lowest BCUT2D eigenvalue weighted by Gasteiger charge is -2.29. The maximum absolute atomic E-state index is 5.40. The summed E-state index contributed by atoms with van der Waals surface area (Å²) in [5.74, 6) is 2.68. The SMILES string of the molecule is CCCCC1CCC(c2ccc(Br)c(OC)c2)CC1. The third-order valence-corrected chi connectivity index (χ3v) is 5.11. The second-order valence-electron chi connectivity index (χ2n) is 5.75. The maximum Gasteiger partial charge on any atom is 0.133 e. The predicted molar refractivity (Wildman–Crippen MR) is 84.9 cm³/mol. The van der Waals surface area contributed by atoms with E-state index in [0.29, 0.717) is 0 Å². The van der Waals surface area contributed by atoms with E-state index in [1.807, 2.05) is 0 Å². The summed E-state index contributed by atoms with van der Waals surface area (Å²) in [5.41, 5.74) is 1.45. The van der Waals surface area contributed by atoms with Crippen LogP contribution in [-0.4, -0.2) is 7.11 Å². The van der Waals surface area contributed by atoms with Gasteiger partial charge in [-0.05, 0) is 71.1 Å². The molecular weight excluding hydrogens is 300 g/mol. The van der Waals surface area contributed by atoms with Gasteiger partial charge in [-0.2, -0.15) is 0 Å². The van der Waals surface area contributed by atoms with Gasteiger partial charge in [-0.1, -0.05) is 32.3 Å². The van der Waals surface area contributed by atoms with E-state index in [4.69, 9.17) is 4.74 Å². The molecule has 0 aliphatic heterocycles. The summed E-state index contributed by atoms with van der Waals surface area (Å²) >= 11 is 3.53. The summed E-state index contributed by atoms with van der Waals surface area (Å²) < 4.78 is 6.46. The van der Waals surface area contributed by atoms with Crippen LogP contribution >= 0.6 is 15.9 Å². The van der Waals surface area contributed by atoms with Gasteiger partial charge in [-0.15, -0.1) is 0 Å². The third kappa shape index (κ3) is 3.98. The van der Waals surface area contributed by atoms with Crippen molar-refractivity contribution >= 4 is 15.9 Å². The molecule has 1 aromatic rings. The normalized spacial score (nSPS) is 23.3. The molecule has 1 fully saturated rings. The molecule has 19 heavy (non-hydrogen) atoms. The van der Waals surface area contributed by atoms with Gasteiger partial charge < -0.3 is 4.74 Å². The summed E-state index contributed by atoms with van der Waals surface area (Å²) in [6.45, 7) is 2.29. The lowest BCUT2D eigenvalue weighted by atomic mass is 9.77. The Morgan fingerprint density at radius 2 is 1.95 bits per heavy atom. The molecule has 0 spiro atoms. The van der Waals surface area contributed by atoms with Crippen molar-refractivity contribution in [3.63, 3.8) is 0 Å². The number of ether oxygens (including phenoxy) is 1. The minimum Gasteiger partial charge on any atom is -0.496 e. The summed E-state index contributed by atoms with van der Waals surface area (Å²) in [6.07, 6.45) is 9.68. The minimum atomic E-state index is 0.736. The average molecular weight is 325 g/mol. The van der Waals surface area contributed by atoms with Crippen molar-refractivity contribution in [2.45, 2.75) is 57.8 Å². The van der Waals surface area contributed by atoms with Gasteiger partial charge in [0.15, 0.2) is 0 Å². The lowest BCUT2D eigenvalue weighted by Crippen LogP contribution is -2.13. The van der Waals surface area contributed by atoms with Crippen LogP contribution < -0.4 is 4.74 Å². The highest BCUT2D eigenvalue weighted by Gasteiger charge is 2.22. The molecule has 1 aliphatic carbocycles. The molecule has 0 unspecified atom stereocenters. The average Bonchev–Trinajstić information content (AvgIpc) is 2.46. The molecule has 1 nitrogen and oxygen atoms in total. The highest BCUT2D eigenvalue weighted by Crippen LogP contribution is 2.39. The minimum absolute atomic E-state index is 0.736. The number of unbranched alkanes of at least 4 members (excludes halogenated alkanes) is 1. The number of hydrogen-bond donors (Lipinski definition) is 0. The Morgan fingerprint density at radius 1 is 1.21 bits per heavy atom. The molecule has 2 rings (SSSR count). The van der Waals surface area contributed by atoms with Crippen LogP contribution in [0.25, 0.3) is 0 Å². The molecule has 0 radical (unpaired) electrons. The molecule has 1 saturated carbocycles. The standard InChI is InChI=1S/C17H25BrO/c1-3-4-5-13-6-8-14(9-7-13)15-10-11-16(18)17(12-15)19-2/h10-14H,3-9H2,1-2H3. The molecule has 0 aromatic heterocycles. The van der Waals surface area contributed by atoms with E-state index in [1.54, 1.807) is 7.11 Å². The Balaban J connectivity index is 1.94. The van der Waals surface area contributed by atoms with Crippen LogP contribution in [0.4, 0.5) is 0 Å². The van der Waals surface area contributed by atoms with Gasteiger partial charge in [0.2, 0.25) is 0 Å². The number of halogens is 1. The van der Waals surface area contributed by atoms with E-state index in [2.05, 4.69) is 41.1 Å². The molecule has 0 atom stereocenters. The zero-order valence-electron chi connectivity index (χ0n) is 12.1. The first-order chi connectivity index (χ1) is 9.24. The van der Waals surface area contributed by atoms with Crippen LogP contribution in [0.1, 0.15) is 63.4 Å². The summed E-state index contributed by atoms with van der Waals surface area (Å²) in [5, 5.41) is 0. The van der Waals surface area contributed by atoms with Gasteiger partial charge in [0.25, 0.3) is 0 Å². The van der Waals surface area contributed by atoms with Gasteiger partial charge >= 0.3 is 0 Å². The second-order valence-corrected chi connectivity index (χ2v) is 6.61. The second kappa shape index (κ2) is 7.33. The van der Waals surface area contributed by atoms with Crippen LogP contribution in [0.5, 0.6) is 5.75 Å². The van der Waals surface area contributed by atoms with Crippen molar-refractivity contribution in [3.8, 4) is 5.75 Å². The first-order valence-corrected chi connectivity index (χ1v) is 8.37. The van der Waals surface area contributed by atoms with Gasteiger partial charge in [0, 0.05) is 0 Å². The maximum atomic E-state index is 5.40. The zero-order valence-corrected chi connectivity index (χ0v) is 13.7. The Kier molecular flexibility index (Phi) is 5.75. The van der Waals surface area contributed by atoms with Crippen LogP contribution in [0.3, 0.4) is 0 Å². The van der Waals surface area contributed by atoms with E-state index in [0.717, 1.165) is 22.1 Å². The number of hydrogen-bond acceptors (Lipinski definition) is 1. The van der Waals surface area contributed by atoms with Crippen LogP contribution in [0, 0.1) is 5.92 Å². The number of benzene rings is 1. The number of methoxy groups -OCH3 is 1. The van der Waals surface area contributed by atoms with E-state index in [1.165, 1.54) is 50.5 Å². The van der Waals surface area contributed by atoms with Crippen LogP contribution in [0.15, 0.2) is 22.7 Å². The predicted octanol–water partition coefficient (Wildman–Crippen LogP) is 5.92. The Labute approximate surface area is 125 Å². The molecular formula is C17H25BrO. The molecule has 0 N–H and O–H groups in total. The molecule has 0 saturated heterocycles. The highest BCUT2D eigenvalue weighted by atomic mass is 79.9. The van der Waals surface area contributed by atoms with Crippen molar-refractivity contribution in [3.05, 3.63) is 28.2 Å². The summed E-state index contributed by atoms with van der Waals surface area (Å²) in [7, 11) is 1.74. The highest BCUT2D eigenvalue weighted by molar-refractivity contribution is 9.10. The first kappa shape index (κ1) is 14.9. The van der Waals surface area contributed by atoms with E-state index < -0.39 is 0 Å². The Morgan fingerprint density at radius 3 is 2.58 bits per heavy atom. The molecule has 0 heterocycles. The lowest BCUT2D eigenvalue weighted by molar-refractivity contribution is 0.304. The van der Waals surface area contributed by atoms with Crippen LogP contribution in [0.2, 0.25) is 0 Å². The zero-order chi connectivity index (χ0) is 13.7. The van der Waals surface area contributed by atoms with Crippen molar-refractivity contribution in [1.29, 1.82) is 0 Å². The Hall–Kier alpha value is -0.500. The third-order valence-electron chi connectivity index (χ3n) is 4.46. The van der Waals surface area contributed by atoms with E-state index in [9.17, 15) is 0 Å². The van der Waals surface area contributed by atoms with Gasteiger partial charge in [0.1, 0.15) is 5.75 Å². The molecule has 0 bridgehead atoms. The molecule has 106 valence electrons. The summed E-state index contributed by atoms with van der Waals surface area (Å²) in [4.78, 5) is 0. The van der Waals surface area contributed by atoms with Crippen LogP contribution in [-0.2, 0) is 0 Å². The smallest absolute Gasteiger partial charge is 0.133 e.